The number of para-hydroxylation sites is 1. The molecule has 0 spiro atoms. The van der Waals surface area contributed by atoms with Crippen molar-refractivity contribution >= 4 is 0 Å². The van der Waals surface area contributed by atoms with Gasteiger partial charge in [-0.05, 0) is 12.1 Å². The molecule has 1 aromatic carbocycles. The topological polar surface area (TPSA) is 134 Å². The van der Waals surface area contributed by atoms with Crippen molar-refractivity contribution < 1.29 is 30.3 Å². The first-order valence-electron chi connectivity index (χ1n) is 6.00. The smallest absolute Gasteiger partial charge is 0.229 e. The maximum Gasteiger partial charge on any atom is 0.229 e. The van der Waals surface area contributed by atoms with Crippen LogP contribution in [-0.4, -0.2) is 56.2 Å². The van der Waals surface area contributed by atoms with Gasteiger partial charge in [0.15, 0.2) is 5.60 Å². The molecule has 1 fully saturated rings. The van der Waals surface area contributed by atoms with Crippen molar-refractivity contribution in [3.8, 4) is 11.8 Å². The Morgan fingerprint density at radius 1 is 1.35 bits per heavy atom. The SMILES string of the molecule is N#Cc1ccccc1OC(O)C1(O)C(O)C(O)C1CO. The number of aliphatic hydroxyl groups is 5. The number of aliphatic hydroxyl groups excluding tert-OH is 4. The molecule has 1 aliphatic carbocycles. The minimum Gasteiger partial charge on any atom is -0.460 e. The van der Waals surface area contributed by atoms with Crippen molar-refractivity contribution in [2.45, 2.75) is 24.1 Å². The lowest BCUT2D eigenvalue weighted by Crippen LogP contribution is -2.76. The molecule has 7 heteroatoms. The van der Waals surface area contributed by atoms with Gasteiger partial charge < -0.3 is 30.3 Å². The normalized spacial score (nSPS) is 33.9. The standard InChI is InChI=1S/C13H15NO6/c14-5-7-3-1-2-4-9(7)20-12(18)13(19)8(6-15)10(16)11(13)17/h1-4,8,10-12,15-19H,6H2. The molecule has 0 bridgehead atoms. The van der Waals surface area contributed by atoms with Crippen LogP contribution in [0.5, 0.6) is 5.75 Å². The van der Waals surface area contributed by atoms with E-state index in [1.165, 1.54) is 12.1 Å². The van der Waals surface area contributed by atoms with Gasteiger partial charge in [0.05, 0.1) is 18.3 Å². The monoisotopic (exact) mass is 281 g/mol. The Morgan fingerprint density at radius 2 is 2.00 bits per heavy atom. The highest BCUT2D eigenvalue weighted by Gasteiger charge is 2.65. The largest absolute Gasteiger partial charge is 0.460 e. The first-order chi connectivity index (χ1) is 9.46. The van der Waals surface area contributed by atoms with E-state index in [1.807, 2.05) is 6.07 Å². The minimum atomic E-state index is -2.20. The van der Waals surface area contributed by atoms with Gasteiger partial charge in [0.2, 0.25) is 6.29 Å². The highest BCUT2D eigenvalue weighted by Crippen LogP contribution is 2.42. The van der Waals surface area contributed by atoms with Crippen LogP contribution in [0.15, 0.2) is 24.3 Å². The Balaban J connectivity index is 2.20. The summed E-state index contributed by atoms with van der Waals surface area (Å²) in [6.45, 7) is -0.630. The van der Waals surface area contributed by atoms with Crippen molar-refractivity contribution in [3.05, 3.63) is 29.8 Å². The maximum atomic E-state index is 10.2. The van der Waals surface area contributed by atoms with Crippen LogP contribution in [0.1, 0.15) is 5.56 Å². The number of nitriles is 1. The van der Waals surface area contributed by atoms with Crippen LogP contribution < -0.4 is 4.74 Å². The summed E-state index contributed by atoms with van der Waals surface area (Å²) in [6.07, 6.45) is -4.90. The molecule has 1 aliphatic rings. The Labute approximate surface area is 114 Å². The lowest BCUT2D eigenvalue weighted by Gasteiger charge is -2.53. The summed E-state index contributed by atoms with van der Waals surface area (Å²) in [5, 5.41) is 57.1. The van der Waals surface area contributed by atoms with E-state index in [-0.39, 0.29) is 11.3 Å². The number of hydrogen-bond acceptors (Lipinski definition) is 7. The van der Waals surface area contributed by atoms with Crippen molar-refractivity contribution in [3.63, 3.8) is 0 Å². The third-order valence-electron chi connectivity index (χ3n) is 3.64. The molecule has 2 rings (SSSR count). The van der Waals surface area contributed by atoms with Crippen LogP contribution in [-0.2, 0) is 0 Å². The molecule has 1 saturated carbocycles. The number of ether oxygens (including phenoxy) is 1. The summed E-state index contributed by atoms with van der Waals surface area (Å²) in [5.74, 6) is -1.11. The lowest BCUT2D eigenvalue weighted by atomic mass is 9.64. The zero-order valence-corrected chi connectivity index (χ0v) is 10.4. The van der Waals surface area contributed by atoms with E-state index in [4.69, 9.17) is 15.1 Å². The molecule has 1 aromatic rings. The van der Waals surface area contributed by atoms with Crippen molar-refractivity contribution in [1.29, 1.82) is 5.26 Å². The van der Waals surface area contributed by atoms with Crippen LogP contribution in [0, 0.1) is 17.2 Å². The van der Waals surface area contributed by atoms with Gasteiger partial charge in [-0.25, -0.2) is 0 Å². The van der Waals surface area contributed by atoms with E-state index in [1.54, 1.807) is 12.1 Å². The molecule has 5 atom stereocenters. The fraction of sp³-hybridized carbons (Fsp3) is 0.462. The summed E-state index contributed by atoms with van der Waals surface area (Å²) in [4.78, 5) is 0. The average Bonchev–Trinajstić information content (AvgIpc) is 2.47. The van der Waals surface area contributed by atoms with Gasteiger partial charge in [-0.1, -0.05) is 12.1 Å². The molecule has 0 heterocycles. The number of hydrogen-bond donors (Lipinski definition) is 5. The van der Waals surface area contributed by atoms with E-state index < -0.39 is 36.6 Å². The number of benzene rings is 1. The Morgan fingerprint density at radius 3 is 2.60 bits per heavy atom. The van der Waals surface area contributed by atoms with Crippen molar-refractivity contribution in [1.82, 2.24) is 0 Å². The summed E-state index contributed by atoms with van der Waals surface area (Å²) in [5.41, 5.74) is -2.05. The summed E-state index contributed by atoms with van der Waals surface area (Å²) in [6, 6.07) is 7.91. The molecule has 5 N–H and O–H groups in total. The van der Waals surface area contributed by atoms with Crippen LogP contribution in [0.4, 0.5) is 0 Å². The van der Waals surface area contributed by atoms with Crippen LogP contribution >= 0.6 is 0 Å². The first kappa shape index (κ1) is 14.7. The predicted octanol–water partition coefficient (Wildman–Crippen LogP) is -1.67. The zero-order valence-electron chi connectivity index (χ0n) is 10.4. The van der Waals surface area contributed by atoms with Gasteiger partial charge in [0, 0.05) is 5.92 Å². The maximum absolute atomic E-state index is 10.2. The highest BCUT2D eigenvalue weighted by molar-refractivity contribution is 5.42. The second kappa shape index (κ2) is 5.36. The number of rotatable bonds is 4. The molecule has 108 valence electrons. The Bertz CT molecular complexity index is 530. The summed E-state index contributed by atoms with van der Waals surface area (Å²) in [7, 11) is 0. The minimum absolute atomic E-state index is 0.0289. The van der Waals surface area contributed by atoms with E-state index in [2.05, 4.69) is 0 Å². The van der Waals surface area contributed by atoms with Crippen LogP contribution in [0.3, 0.4) is 0 Å². The molecule has 0 aliphatic heterocycles. The summed E-state index contributed by atoms with van der Waals surface area (Å²) >= 11 is 0. The third-order valence-corrected chi connectivity index (χ3v) is 3.64. The van der Waals surface area contributed by atoms with Crippen molar-refractivity contribution in [2.75, 3.05) is 6.61 Å². The molecule has 7 nitrogen and oxygen atoms in total. The lowest BCUT2D eigenvalue weighted by molar-refractivity contribution is -0.332. The Kier molecular flexibility index (Phi) is 3.94. The molecule has 0 amide bonds. The van der Waals surface area contributed by atoms with Crippen molar-refractivity contribution in [2.24, 2.45) is 5.92 Å². The fourth-order valence-corrected chi connectivity index (χ4v) is 2.33. The van der Waals surface area contributed by atoms with Crippen LogP contribution in [0.2, 0.25) is 0 Å². The predicted molar refractivity (Wildman–Crippen MR) is 65.3 cm³/mol. The Hall–Kier alpha value is -1.69. The molecular formula is C13H15NO6. The molecule has 20 heavy (non-hydrogen) atoms. The second-order valence-electron chi connectivity index (χ2n) is 4.69. The number of nitrogens with zero attached hydrogens (tertiary/aromatic N) is 1. The van der Waals surface area contributed by atoms with Gasteiger partial charge in [0.1, 0.15) is 17.9 Å². The summed E-state index contributed by atoms with van der Waals surface area (Å²) < 4.78 is 5.09. The molecule has 5 unspecified atom stereocenters. The van der Waals surface area contributed by atoms with E-state index in [0.717, 1.165) is 0 Å². The van der Waals surface area contributed by atoms with Gasteiger partial charge in [-0.2, -0.15) is 5.26 Å². The van der Waals surface area contributed by atoms with E-state index in [9.17, 15) is 20.4 Å². The van der Waals surface area contributed by atoms with Gasteiger partial charge in [0.25, 0.3) is 0 Å². The zero-order chi connectivity index (χ0) is 14.9. The quantitative estimate of drug-likeness (QED) is 0.416. The molecule has 0 saturated heterocycles. The molecule has 0 aromatic heterocycles. The van der Waals surface area contributed by atoms with Crippen LogP contribution in [0.25, 0.3) is 0 Å². The highest BCUT2D eigenvalue weighted by atomic mass is 16.6. The third kappa shape index (κ3) is 2.04. The fourth-order valence-electron chi connectivity index (χ4n) is 2.33. The second-order valence-corrected chi connectivity index (χ2v) is 4.69. The van der Waals surface area contributed by atoms with E-state index in [0.29, 0.717) is 0 Å². The average molecular weight is 281 g/mol. The van der Waals surface area contributed by atoms with Gasteiger partial charge >= 0.3 is 0 Å². The van der Waals surface area contributed by atoms with Gasteiger partial charge in [-0.15, -0.1) is 0 Å². The first-order valence-corrected chi connectivity index (χ1v) is 6.00. The van der Waals surface area contributed by atoms with E-state index >= 15 is 0 Å². The molecular weight excluding hydrogens is 266 g/mol. The van der Waals surface area contributed by atoms with Gasteiger partial charge in [-0.3, -0.25) is 0 Å². The molecule has 0 radical (unpaired) electrons.